The molecule has 0 radical (unpaired) electrons. The number of rotatable bonds is 4. The van der Waals surface area contributed by atoms with E-state index >= 15 is 0 Å². The topological polar surface area (TPSA) is 42.0 Å². The number of carbonyl (C=O) groups is 1. The van der Waals surface area contributed by atoms with E-state index in [1.165, 1.54) is 0 Å². The van der Waals surface area contributed by atoms with Gasteiger partial charge in [-0.3, -0.25) is 4.79 Å². The van der Waals surface area contributed by atoms with E-state index in [0.29, 0.717) is 6.54 Å². The standard InChI is InChI=1S/C11H17ClN2OS/c1-11(2,3)8-7-16-10(14-8)4-5-13-9(15)6-12/h7H,4-6H2,1-3H3,(H,13,15). The first kappa shape index (κ1) is 13.5. The predicted octanol–water partition coefficient (Wildman–Crippen LogP) is 2.34. The number of thiazole rings is 1. The van der Waals surface area contributed by atoms with Gasteiger partial charge in [0.25, 0.3) is 0 Å². The molecule has 5 heteroatoms. The number of hydrogen-bond acceptors (Lipinski definition) is 3. The SMILES string of the molecule is CC(C)(C)c1csc(CCNC(=O)CCl)n1. The van der Waals surface area contributed by atoms with Crippen LogP contribution in [0.4, 0.5) is 0 Å². The van der Waals surface area contributed by atoms with Crippen LogP contribution in [0.15, 0.2) is 5.38 Å². The maximum atomic E-state index is 10.9. The minimum absolute atomic E-state index is 0.0190. The minimum atomic E-state index is -0.130. The van der Waals surface area contributed by atoms with Gasteiger partial charge in [-0.05, 0) is 0 Å². The first-order valence-corrected chi connectivity index (χ1v) is 6.62. The Labute approximate surface area is 105 Å². The molecule has 1 amide bonds. The first-order valence-electron chi connectivity index (χ1n) is 5.21. The van der Waals surface area contributed by atoms with Crippen molar-refractivity contribution in [3.05, 3.63) is 16.1 Å². The molecule has 0 bridgehead atoms. The summed E-state index contributed by atoms with van der Waals surface area (Å²) in [4.78, 5) is 15.4. The summed E-state index contributed by atoms with van der Waals surface area (Å²) in [5.41, 5.74) is 1.20. The summed E-state index contributed by atoms with van der Waals surface area (Å²) in [6.45, 7) is 7.02. The molecule has 1 aromatic heterocycles. The zero-order chi connectivity index (χ0) is 12.2. The maximum absolute atomic E-state index is 10.9. The van der Waals surface area contributed by atoms with Crippen molar-refractivity contribution in [1.29, 1.82) is 0 Å². The number of hydrogen-bond donors (Lipinski definition) is 1. The summed E-state index contributed by atoms with van der Waals surface area (Å²) >= 11 is 7.01. The van der Waals surface area contributed by atoms with E-state index in [2.05, 4.69) is 36.5 Å². The normalized spacial score (nSPS) is 11.5. The lowest BCUT2D eigenvalue weighted by Gasteiger charge is -2.14. The number of alkyl halides is 1. The Morgan fingerprint density at radius 3 is 2.75 bits per heavy atom. The van der Waals surface area contributed by atoms with E-state index in [9.17, 15) is 4.79 Å². The predicted molar refractivity (Wildman–Crippen MR) is 68.2 cm³/mol. The lowest BCUT2D eigenvalue weighted by molar-refractivity contribution is -0.118. The molecule has 0 spiro atoms. The van der Waals surface area contributed by atoms with Gasteiger partial charge >= 0.3 is 0 Å². The largest absolute Gasteiger partial charge is 0.355 e. The Balaban J connectivity index is 2.44. The summed E-state index contributed by atoms with van der Waals surface area (Å²) in [5.74, 6) is -0.111. The van der Waals surface area contributed by atoms with Crippen LogP contribution in [-0.2, 0) is 16.6 Å². The number of amides is 1. The number of nitrogens with one attached hydrogen (secondary N) is 1. The molecular formula is C11H17ClN2OS. The van der Waals surface area contributed by atoms with E-state index in [1.807, 2.05) is 0 Å². The smallest absolute Gasteiger partial charge is 0.234 e. The molecule has 0 aliphatic rings. The van der Waals surface area contributed by atoms with E-state index in [-0.39, 0.29) is 17.2 Å². The van der Waals surface area contributed by atoms with Crippen LogP contribution in [0.3, 0.4) is 0 Å². The van der Waals surface area contributed by atoms with E-state index in [0.717, 1.165) is 17.1 Å². The fourth-order valence-electron chi connectivity index (χ4n) is 1.13. The van der Waals surface area contributed by atoms with Crippen molar-refractivity contribution in [3.8, 4) is 0 Å². The molecule has 0 saturated heterocycles. The van der Waals surface area contributed by atoms with Crippen LogP contribution in [0.25, 0.3) is 0 Å². The van der Waals surface area contributed by atoms with Gasteiger partial charge in [0.1, 0.15) is 5.88 Å². The molecular weight excluding hydrogens is 244 g/mol. The van der Waals surface area contributed by atoms with Crippen molar-refractivity contribution in [1.82, 2.24) is 10.3 Å². The van der Waals surface area contributed by atoms with Gasteiger partial charge in [-0.15, -0.1) is 22.9 Å². The lowest BCUT2D eigenvalue weighted by atomic mass is 9.93. The van der Waals surface area contributed by atoms with Gasteiger partial charge in [0.05, 0.1) is 10.7 Å². The molecule has 90 valence electrons. The molecule has 3 nitrogen and oxygen atoms in total. The Morgan fingerprint density at radius 2 is 2.25 bits per heavy atom. The van der Waals surface area contributed by atoms with Crippen molar-refractivity contribution in [2.24, 2.45) is 0 Å². The van der Waals surface area contributed by atoms with Crippen LogP contribution < -0.4 is 5.32 Å². The highest BCUT2D eigenvalue weighted by Crippen LogP contribution is 2.23. The van der Waals surface area contributed by atoms with E-state index in [4.69, 9.17) is 11.6 Å². The van der Waals surface area contributed by atoms with Crippen molar-refractivity contribution < 1.29 is 4.79 Å². The molecule has 0 aromatic carbocycles. The third-order valence-electron chi connectivity index (χ3n) is 2.10. The number of carbonyl (C=O) groups excluding carboxylic acids is 1. The average Bonchev–Trinajstić information content (AvgIpc) is 2.65. The average molecular weight is 261 g/mol. The zero-order valence-electron chi connectivity index (χ0n) is 9.84. The molecule has 1 N–H and O–H groups in total. The summed E-state index contributed by atoms with van der Waals surface area (Å²) in [6.07, 6.45) is 0.767. The molecule has 0 aliphatic carbocycles. The van der Waals surface area contributed by atoms with Gasteiger partial charge in [-0.2, -0.15) is 0 Å². The van der Waals surface area contributed by atoms with E-state index < -0.39 is 0 Å². The van der Waals surface area contributed by atoms with Gasteiger partial charge in [-0.25, -0.2) is 4.98 Å². The maximum Gasteiger partial charge on any atom is 0.234 e. The van der Waals surface area contributed by atoms with Gasteiger partial charge in [0, 0.05) is 23.8 Å². The number of nitrogens with zero attached hydrogens (tertiary/aromatic N) is 1. The van der Waals surface area contributed by atoms with Crippen molar-refractivity contribution >= 4 is 28.8 Å². The second-order valence-corrected chi connectivity index (χ2v) is 5.82. The number of halogens is 1. The molecule has 1 aromatic rings. The van der Waals surface area contributed by atoms with Gasteiger partial charge in [0.15, 0.2) is 0 Å². The Hall–Kier alpha value is -0.610. The highest BCUT2D eigenvalue weighted by Gasteiger charge is 2.17. The zero-order valence-corrected chi connectivity index (χ0v) is 11.4. The highest BCUT2D eigenvalue weighted by atomic mass is 35.5. The molecule has 0 unspecified atom stereocenters. The number of aromatic nitrogens is 1. The molecule has 1 rings (SSSR count). The van der Waals surface area contributed by atoms with Crippen LogP contribution >= 0.6 is 22.9 Å². The molecule has 16 heavy (non-hydrogen) atoms. The van der Waals surface area contributed by atoms with E-state index in [1.54, 1.807) is 11.3 Å². The summed E-state index contributed by atoms with van der Waals surface area (Å²) in [6, 6.07) is 0. The Kier molecular flexibility index (Phi) is 4.74. The third-order valence-corrected chi connectivity index (χ3v) is 3.25. The second kappa shape index (κ2) is 5.64. The summed E-state index contributed by atoms with van der Waals surface area (Å²) in [7, 11) is 0. The first-order chi connectivity index (χ1) is 7.43. The van der Waals surface area contributed by atoms with Gasteiger partial charge < -0.3 is 5.32 Å². The van der Waals surface area contributed by atoms with Gasteiger partial charge in [-0.1, -0.05) is 20.8 Å². The summed E-state index contributed by atoms with van der Waals surface area (Å²) < 4.78 is 0. The molecule has 0 aliphatic heterocycles. The molecule has 0 fully saturated rings. The summed E-state index contributed by atoms with van der Waals surface area (Å²) in [5, 5.41) is 5.86. The fourth-order valence-corrected chi connectivity index (χ4v) is 2.25. The van der Waals surface area contributed by atoms with Crippen LogP contribution in [-0.4, -0.2) is 23.3 Å². The minimum Gasteiger partial charge on any atom is -0.355 e. The Bertz CT molecular complexity index is 357. The highest BCUT2D eigenvalue weighted by molar-refractivity contribution is 7.09. The molecule has 0 atom stereocenters. The monoisotopic (exact) mass is 260 g/mol. The molecule has 0 saturated carbocycles. The van der Waals surface area contributed by atoms with Crippen molar-refractivity contribution in [2.45, 2.75) is 32.6 Å². The second-order valence-electron chi connectivity index (χ2n) is 4.61. The lowest BCUT2D eigenvalue weighted by Crippen LogP contribution is -2.26. The Morgan fingerprint density at radius 1 is 1.56 bits per heavy atom. The molecule has 1 heterocycles. The van der Waals surface area contributed by atoms with Crippen LogP contribution in [0.5, 0.6) is 0 Å². The van der Waals surface area contributed by atoms with Crippen LogP contribution in [0.2, 0.25) is 0 Å². The van der Waals surface area contributed by atoms with Crippen LogP contribution in [0, 0.1) is 0 Å². The quantitative estimate of drug-likeness (QED) is 0.845. The van der Waals surface area contributed by atoms with Gasteiger partial charge in [0.2, 0.25) is 5.91 Å². The van der Waals surface area contributed by atoms with Crippen molar-refractivity contribution in [2.75, 3.05) is 12.4 Å². The van der Waals surface area contributed by atoms with Crippen molar-refractivity contribution in [3.63, 3.8) is 0 Å². The fraction of sp³-hybridized carbons (Fsp3) is 0.636. The third kappa shape index (κ3) is 4.10. The van der Waals surface area contributed by atoms with Crippen LogP contribution in [0.1, 0.15) is 31.5 Å².